The van der Waals surface area contributed by atoms with Gasteiger partial charge in [0.2, 0.25) is 25.2 Å². The lowest BCUT2D eigenvalue weighted by molar-refractivity contribution is -0.151. The van der Waals surface area contributed by atoms with Crippen LogP contribution in [0.3, 0.4) is 0 Å². The van der Waals surface area contributed by atoms with E-state index in [1.807, 2.05) is 0 Å². The van der Waals surface area contributed by atoms with Crippen LogP contribution < -0.4 is 9.47 Å². The number of rotatable bonds is 14. The molecule has 0 bridgehead atoms. The van der Waals surface area contributed by atoms with Gasteiger partial charge in [0.15, 0.2) is 0 Å². The molecular formula is C32H30F2O10. The standard InChI is InChI=1S/C32H30F2O10/c1-21(33)31(37)41-19-39-25-9-3-23(4-10-25)7-17-29(35)43-27-13-15-28(16-14-27)44-30(36)18-8-24-5-11-26(12-6-24)40-20-42-32(38)22(2)34/h3-12,17-18,27-28H,1-2,13-16,19-20H2/b17-7-,18-8+. The van der Waals surface area contributed by atoms with Crippen molar-refractivity contribution in [2.45, 2.75) is 37.9 Å². The van der Waals surface area contributed by atoms with Crippen LogP contribution in [0.25, 0.3) is 12.2 Å². The predicted octanol–water partition coefficient (Wildman–Crippen LogP) is 5.54. The van der Waals surface area contributed by atoms with Crippen molar-refractivity contribution >= 4 is 36.0 Å². The van der Waals surface area contributed by atoms with Crippen LogP contribution in [0.2, 0.25) is 0 Å². The predicted molar refractivity (Wildman–Crippen MR) is 153 cm³/mol. The van der Waals surface area contributed by atoms with E-state index in [1.54, 1.807) is 60.7 Å². The summed E-state index contributed by atoms with van der Waals surface area (Å²) in [6.07, 6.45) is 7.35. The third-order valence-corrected chi connectivity index (χ3v) is 6.05. The van der Waals surface area contributed by atoms with Crippen molar-refractivity contribution in [1.29, 1.82) is 0 Å². The molecule has 44 heavy (non-hydrogen) atoms. The van der Waals surface area contributed by atoms with Crippen LogP contribution in [0.1, 0.15) is 36.8 Å². The number of esters is 4. The van der Waals surface area contributed by atoms with E-state index in [9.17, 15) is 28.0 Å². The summed E-state index contributed by atoms with van der Waals surface area (Å²) in [5.74, 6) is -5.09. The SMILES string of the molecule is C=C(F)C(=O)OCOc1ccc(/C=C\C(=O)OC2CCC(OC(=O)/C=C/c3ccc(OCOC(=O)C(=C)F)cc3)CC2)cc1. The average Bonchev–Trinajstić information content (AvgIpc) is 3.01. The third-order valence-electron chi connectivity index (χ3n) is 6.05. The molecule has 0 unspecified atom stereocenters. The van der Waals surface area contributed by atoms with Gasteiger partial charge in [0.05, 0.1) is 0 Å². The summed E-state index contributed by atoms with van der Waals surface area (Å²) in [4.78, 5) is 46.5. The number of hydrogen-bond donors (Lipinski definition) is 0. The molecule has 0 aromatic heterocycles. The van der Waals surface area contributed by atoms with Crippen LogP contribution in [-0.4, -0.2) is 49.7 Å². The highest BCUT2D eigenvalue weighted by Gasteiger charge is 2.25. The molecule has 1 saturated carbocycles. The highest BCUT2D eigenvalue weighted by atomic mass is 19.1. The van der Waals surface area contributed by atoms with Crippen molar-refractivity contribution in [2.24, 2.45) is 0 Å². The Labute approximate surface area is 252 Å². The lowest BCUT2D eigenvalue weighted by Crippen LogP contribution is -2.29. The van der Waals surface area contributed by atoms with Crippen molar-refractivity contribution in [2.75, 3.05) is 13.6 Å². The molecule has 1 fully saturated rings. The van der Waals surface area contributed by atoms with E-state index in [0.29, 0.717) is 48.3 Å². The zero-order valence-electron chi connectivity index (χ0n) is 23.6. The molecule has 0 aliphatic heterocycles. The topological polar surface area (TPSA) is 124 Å². The van der Waals surface area contributed by atoms with E-state index >= 15 is 0 Å². The van der Waals surface area contributed by atoms with Gasteiger partial charge in [-0.25, -0.2) is 19.2 Å². The minimum atomic E-state index is -1.22. The molecule has 12 heteroatoms. The van der Waals surface area contributed by atoms with Gasteiger partial charge in [-0.2, -0.15) is 8.78 Å². The molecule has 0 radical (unpaired) electrons. The van der Waals surface area contributed by atoms with E-state index in [1.165, 1.54) is 12.2 Å². The molecule has 0 atom stereocenters. The first-order valence-electron chi connectivity index (χ1n) is 13.3. The van der Waals surface area contributed by atoms with Crippen LogP contribution in [0.5, 0.6) is 11.5 Å². The summed E-state index contributed by atoms with van der Waals surface area (Å²) in [6.45, 7) is 4.70. The van der Waals surface area contributed by atoms with Gasteiger partial charge in [0.25, 0.3) is 0 Å². The second kappa shape index (κ2) is 17.0. The molecule has 1 aliphatic rings. The molecule has 2 aromatic carbocycles. The van der Waals surface area contributed by atoms with E-state index in [4.69, 9.17) is 18.9 Å². The summed E-state index contributed by atoms with van der Waals surface area (Å²) in [7, 11) is 0. The number of carbonyl (C=O) groups excluding carboxylic acids is 4. The Hall–Kier alpha value is -5.26. The Morgan fingerprint density at radius 2 is 0.977 bits per heavy atom. The molecular weight excluding hydrogens is 582 g/mol. The molecule has 3 rings (SSSR count). The first kappa shape index (κ1) is 33.2. The van der Waals surface area contributed by atoms with Crippen LogP contribution >= 0.6 is 0 Å². The number of halogens is 2. The van der Waals surface area contributed by atoms with Gasteiger partial charge in [0.1, 0.15) is 23.7 Å². The number of benzene rings is 2. The van der Waals surface area contributed by atoms with Crippen molar-refractivity contribution in [3.63, 3.8) is 0 Å². The fraction of sp³-hybridized carbons (Fsp3) is 0.250. The van der Waals surface area contributed by atoms with E-state index < -0.39 is 49.1 Å². The van der Waals surface area contributed by atoms with Crippen molar-refractivity contribution in [3.05, 3.63) is 96.6 Å². The quantitative estimate of drug-likeness (QED) is 0.116. The van der Waals surface area contributed by atoms with Gasteiger partial charge >= 0.3 is 23.9 Å². The summed E-state index contributed by atoms with van der Waals surface area (Å²) in [5, 5.41) is 0. The van der Waals surface area contributed by atoms with Crippen LogP contribution in [-0.2, 0) is 38.1 Å². The summed E-state index contributed by atoms with van der Waals surface area (Å²) in [5.41, 5.74) is 1.39. The fourth-order valence-electron chi connectivity index (χ4n) is 3.81. The maximum absolute atomic E-state index is 12.6. The molecule has 2 aromatic rings. The van der Waals surface area contributed by atoms with Gasteiger partial charge in [-0.3, -0.25) is 0 Å². The molecule has 0 spiro atoms. The largest absolute Gasteiger partial charge is 0.459 e. The Balaban J connectivity index is 1.32. The Kier molecular flexibility index (Phi) is 12.8. The van der Waals surface area contributed by atoms with Crippen molar-refractivity contribution < 1.29 is 56.4 Å². The zero-order chi connectivity index (χ0) is 31.9. The Morgan fingerprint density at radius 3 is 1.30 bits per heavy atom. The average molecular weight is 613 g/mol. The zero-order valence-corrected chi connectivity index (χ0v) is 23.6. The number of hydrogen-bond acceptors (Lipinski definition) is 10. The maximum atomic E-state index is 12.6. The minimum Gasteiger partial charge on any atom is -0.459 e. The van der Waals surface area contributed by atoms with E-state index in [2.05, 4.69) is 22.6 Å². The van der Waals surface area contributed by atoms with Gasteiger partial charge in [-0.15, -0.1) is 0 Å². The minimum absolute atomic E-state index is 0.295. The number of ether oxygens (including phenoxy) is 6. The summed E-state index contributed by atoms with van der Waals surface area (Å²) in [6, 6.07) is 13.0. The second-order valence-electron chi connectivity index (χ2n) is 9.27. The van der Waals surface area contributed by atoms with Gasteiger partial charge in [0, 0.05) is 12.2 Å². The molecule has 10 nitrogen and oxygen atoms in total. The number of carbonyl (C=O) groups is 4. The molecule has 0 heterocycles. The van der Waals surface area contributed by atoms with Gasteiger partial charge in [-0.05, 0) is 73.2 Å². The maximum Gasteiger partial charge on any atom is 0.369 e. The monoisotopic (exact) mass is 612 g/mol. The van der Waals surface area contributed by atoms with Crippen LogP contribution in [0.15, 0.2) is 85.5 Å². The lowest BCUT2D eigenvalue weighted by Gasteiger charge is -2.27. The summed E-state index contributed by atoms with van der Waals surface area (Å²) >= 11 is 0. The highest BCUT2D eigenvalue weighted by molar-refractivity contribution is 5.88. The lowest BCUT2D eigenvalue weighted by atomic mass is 9.95. The van der Waals surface area contributed by atoms with E-state index in [-0.39, 0.29) is 12.2 Å². The Bertz CT molecular complexity index is 1280. The molecule has 0 saturated heterocycles. The van der Waals surface area contributed by atoms with Crippen molar-refractivity contribution in [1.82, 2.24) is 0 Å². The van der Waals surface area contributed by atoms with Gasteiger partial charge in [-0.1, -0.05) is 37.4 Å². The molecule has 232 valence electrons. The van der Waals surface area contributed by atoms with Gasteiger partial charge < -0.3 is 28.4 Å². The highest BCUT2D eigenvalue weighted by Crippen LogP contribution is 2.24. The normalized spacial score (nSPS) is 16.1. The van der Waals surface area contributed by atoms with E-state index in [0.717, 1.165) is 0 Å². The smallest absolute Gasteiger partial charge is 0.369 e. The van der Waals surface area contributed by atoms with Crippen LogP contribution in [0.4, 0.5) is 8.78 Å². The van der Waals surface area contributed by atoms with Crippen molar-refractivity contribution in [3.8, 4) is 11.5 Å². The second-order valence-corrected chi connectivity index (χ2v) is 9.27. The molecule has 0 N–H and O–H groups in total. The first-order chi connectivity index (χ1) is 21.1. The first-order valence-corrected chi connectivity index (χ1v) is 13.3. The summed E-state index contributed by atoms with van der Waals surface area (Å²) < 4.78 is 55.5. The third kappa shape index (κ3) is 11.9. The van der Waals surface area contributed by atoms with Crippen LogP contribution in [0, 0.1) is 0 Å². The molecule has 1 aliphatic carbocycles. The fourth-order valence-corrected chi connectivity index (χ4v) is 3.81. The molecule has 0 amide bonds. The Morgan fingerprint density at radius 1 is 0.636 bits per heavy atom.